The van der Waals surface area contributed by atoms with Crippen molar-refractivity contribution in [1.29, 1.82) is 0 Å². The van der Waals surface area contributed by atoms with Crippen LogP contribution in [0.15, 0.2) is 77.6 Å². The molecular weight excluding hydrogens is 424 g/mol. The number of anilines is 2. The number of methoxy groups -OCH3 is 1. The largest absolute Gasteiger partial charge is 0.497 e. The number of benzene rings is 1. The SMILES string of the molecule is COc1ccc(-c2nc3n(n2)[C@@H](c2cccs2)C(C(=O)Nc2cccnc2)=C(C)N3)cc1. The number of ether oxygens (including phenoxy) is 1. The molecule has 4 heterocycles. The fraction of sp³-hybridized carbons (Fsp3) is 0.130. The molecule has 0 bridgehead atoms. The average Bonchev–Trinajstić information content (AvgIpc) is 3.49. The van der Waals surface area contributed by atoms with Crippen molar-refractivity contribution in [3.05, 3.63) is 82.5 Å². The van der Waals surface area contributed by atoms with Gasteiger partial charge in [0.05, 0.1) is 24.6 Å². The molecule has 1 aliphatic heterocycles. The van der Waals surface area contributed by atoms with Crippen LogP contribution in [-0.2, 0) is 4.79 Å². The number of nitrogens with zero attached hydrogens (tertiary/aromatic N) is 4. The summed E-state index contributed by atoms with van der Waals surface area (Å²) in [5.41, 5.74) is 2.80. The quantitative estimate of drug-likeness (QED) is 0.476. The fourth-order valence-electron chi connectivity index (χ4n) is 3.65. The normalized spacial score (nSPS) is 15.1. The number of rotatable bonds is 5. The van der Waals surface area contributed by atoms with Gasteiger partial charge in [0.15, 0.2) is 5.82 Å². The van der Waals surface area contributed by atoms with E-state index in [0.717, 1.165) is 21.9 Å². The van der Waals surface area contributed by atoms with Crippen molar-refractivity contribution in [3.63, 3.8) is 0 Å². The van der Waals surface area contributed by atoms with Crippen LogP contribution in [0.1, 0.15) is 17.8 Å². The molecule has 1 aromatic carbocycles. The van der Waals surface area contributed by atoms with Gasteiger partial charge in [0.25, 0.3) is 5.91 Å². The standard InChI is InChI=1S/C23H20N6O2S/c1-14-19(22(30)26-16-5-3-11-24-13-16)20(18-6-4-12-32-18)29-23(25-14)27-21(28-29)15-7-9-17(31-2)10-8-15/h3-13,20H,1-2H3,(H,26,30)(H,25,27,28)/t20-/m0/s1. The molecule has 1 amide bonds. The van der Waals surface area contributed by atoms with Gasteiger partial charge in [-0.05, 0) is 54.8 Å². The zero-order valence-electron chi connectivity index (χ0n) is 17.4. The van der Waals surface area contributed by atoms with E-state index in [-0.39, 0.29) is 5.91 Å². The molecule has 2 N–H and O–H groups in total. The van der Waals surface area contributed by atoms with Crippen LogP contribution in [0.4, 0.5) is 11.6 Å². The summed E-state index contributed by atoms with van der Waals surface area (Å²) in [5, 5.41) is 13.0. The zero-order chi connectivity index (χ0) is 22.1. The van der Waals surface area contributed by atoms with Gasteiger partial charge in [-0.15, -0.1) is 16.4 Å². The third-order valence-corrected chi connectivity index (χ3v) is 6.10. The Morgan fingerprint density at radius 1 is 1.19 bits per heavy atom. The molecular formula is C23H20N6O2S. The number of fused-ring (bicyclic) bond motifs is 1. The van der Waals surface area contributed by atoms with Gasteiger partial charge >= 0.3 is 0 Å². The van der Waals surface area contributed by atoms with Crippen molar-refractivity contribution < 1.29 is 9.53 Å². The summed E-state index contributed by atoms with van der Waals surface area (Å²) in [6.07, 6.45) is 3.28. The van der Waals surface area contributed by atoms with Crippen LogP contribution in [0.2, 0.25) is 0 Å². The Morgan fingerprint density at radius 3 is 2.72 bits per heavy atom. The molecule has 9 heteroatoms. The first-order valence-electron chi connectivity index (χ1n) is 9.97. The Kier molecular flexibility index (Phi) is 5.16. The van der Waals surface area contributed by atoms with Gasteiger partial charge in [-0.3, -0.25) is 9.78 Å². The predicted molar refractivity (Wildman–Crippen MR) is 124 cm³/mol. The van der Waals surface area contributed by atoms with Gasteiger partial charge in [-0.1, -0.05) is 6.07 Å². The number of carbonyl (C=O) groups excluding carboxylic acids is 1. The zero-order valence-corrected chi connectivity index (χ0v) is 18.3. The van der Waals surface area contributed by atoms with E-state index in [1.54, 1.807) is 47.7 Å². The van der Waals surface area contributed by atoms with E-state index < -0.39 is 6.04 Å². The maximum absolute atomic E-state index is 13.3. The summed E-state index contributed by atoms with van der Waals surface area (Å²) in [7, 11) is 1.63. The first kappa shape index (κ1) is 20.0. The molecule has 0 spiro atoms. The smallest absolute Gasteiger partial charge is 0.255 e. The minimum atomic E-state index is -0.401. The van der Waals surface area contributed by atoms with E-state index in [1.165, 1.54) is 0 Å². The molecule has 160 valence electrons. The molecule has 5 rings (SSSR count). The lowest BCUT2D eigenvalue weighted by Gasteiger charge is -2.27. The van der Waals surface area contributed by atoms with Crippen LogP contribution < -0.4 is 15.4 Å². The number of hydrogen-bond donors (Lipinski definition) is 2. The van der Waals surface area contributed by atoms with Gasteiger partial charge in [0.2, 0.25) is 5.95 Å². The summed E-state index contributed by atoms with van der Waals surface area (Å²) < 4.78 is 7.02. The van der Waals surface area contributed by atoms with Crippen molar-refractivity contribution in [1.82, 2.24) is 19.7 Å². The second-order valence-corrected chi connectivity index (χ2v) is 8.19. The van der Waals surface area contributed by atoms with Gasteiger partial charge in [-0.2, -0.15) is 4.98 Å². The number of thiophene rings is 1. The van der Waals surface area contributed by atoms with Crippen molar-refractivity contribution >= 4 is 28.9 Å². The van der Waals surface area contributed by atoms with Gasteiger partial charge in [0, 0.05) is 22.3 Å². The Hall–Kier alpha value is -3.98. The van der Waals surface area contributed by atoms with Crippen LogP contribution in [0.5, 0.6) is 5.75 Å². The van der Waals surface area contributed by atoms with E-state index in [1.807, 2.05) is 48.7 Å². The summed E-state index contributed by atoms with van der Waals surface area (Å²) in [6.45, 7) is 1.88. The lowest BCUT2D eigenvalue weighted by molar-refractivity contribution is -0.113. The highest BCUT2D eigenvalue weighted by Crippen LogP contribution is 2.38. The van der Waals surface area contributed by atoms with Crippen molar-refractivity contribution in [2.45, 2.75) is 13.0 Å². The highest BCUT2D eigenvalue weighted by Gasteiger charge is 2.35. The number of amides is 1. The molecule has 0 aliphatic carbocycles. The van der Waals surface area contributed by atoms with Crippen LogP contribution >= 0.6 is 11.3 Å². The van der Waals surface area contributed by atoms with Crippen LogP contribution in [0.25, 0.3) is 11.4 Å². The first-order chi connectivity index (χ1) is 15.6. The average molecular weight is 445 g/mol. The summed E-state index contributed by atoms with van der Waals surface area (Å²) in [4.78, 5) is 23.1. The minimum Gasteiger partial charge on any atom is -0.497 e. The van der Waals surface area contributed by atoms with Crippen LogP contribution in [0, 0.1) is 0 Å². The Morgan fingerprint density at radius 2 is 2.03 bits per heavy atom. The van der Waals surface area contributed by atoms with Crippen LogP contribution in [-0.4, -0.2) is 32.8 Å². The van der Waals surface area contributed by atoms with Crippen molar-refractivity contribution in [2.75, 3.05) is 17.7 Å². The molecule has 1 aliphatic rings. The molecule has 1 atom stereocenters. The Bertz CT molecular complexity index is 1280. The number of carbonyl (C=O) groups is 1. The van der Waals surface area contributed by atoms with E-state index in [2.05, 4.69) is 15.6 Å². The molecule has 0 saturated carbocycles. The lowest BCUT2D eigenvalue weighted by Crippen LogP contribution is -2.31. The van der Waals surface area contributed by atoms with Crippen molar-refractivity contribution in [2.24, 2.45) is 0 Å². The molecule has 0 saturated heterocycles. The van der Waals surface area contributed by atoms with Crippen LogP contribution in [0.3, 0.4) is 0 Å². The summed E-state index contributed by atoms with van der Waals surface area (Å²) in [5.74, 6) is 1.70. The Labute approximate surface area is 188 Å². The predicted octanol–water partition coefficient (Wildman–Crippen LogP) is 4.34. The molecule has 3 aromatic heterocycles. The van der Waals surface area contributed by atoms with Crippen molar-refractivity contribution in [3.8, 4) is 17.1 Å². The summed E-state index contributed by atoms with van der Waals surface area (Å²) in [6, 6.07) is 14.7. The fourth-order valence-corrected chi connectivity index (χ4v) is 4.47. The third kappa shape index (κ3) is 3.63. The number of allylic oxidation sites excluding steroid dienone is 1. The minimum absolute atomic E-state index is 0.214. The number of pyridine rings is 1. The van der Waals surface area contributed by atoms with E-state index >= 15 is 0 Å². The molecule has 8 nitrogen and oxygen atoms in total. The molecule has 0 radical (unpaired) electrons. The Balaban J connectivity index is 1.55. The number of aromatic nitrogens is 4. The highest BCUT2D eigenvalue weighted by molar-refractivity contribution is 7.10. The molecule has 0 unspecified atom stereocenters. The second kappa shape index (κ2) is 8.27. The molecule has 32 heavy (non-hydrogen) atoms. The third-order valence-electron chi connectivity index (χ3n) is 5.18. The maximum atomic E-state index is 13.3. The lowest BCUT2D eigenvalue weighted by atomic mass is 10.0. The second-order valence-electron chi connectivity index (χ2n) is 7.21. The highest BCUT2D eigenvalue weighted by atomic mass is 32.1. The topological polar surface area (TPSA) is 94.0 Å². The molecule has 0 fully saturated rings. The molecule has 4 aromatic rings. The summed E-state index contributed by atoms with van der Waals surface area (Å²) >= 11 is 1.57. The number of nitrogens with one attached hydrogen (secondary N) is 2. The first-order valence-corrected chi connectivity index (χ1v) is 10.9. The van der Waals surface area contributed by atoms with E-state index in [0.29, 0.717) is 23.0 Å². The maximum Gasteiger partial charge on any atom is 0.255 e. The van der Waals surface area contributed by atoms with Gasteiger partial charge < -0.3 is 15.4 Å². The van der Waals surface area contributed by atoms with E-state index in [4.69, 9.17) is 14.8 Å². The van der Waals surface area contributed by atoms with E-state index in [9.17, 15) is 4.79 Å². The van der Waals surface area contributed by atoms with Gasteiger partial charge in [-0.25, -0.2) is 4.68 Å². The van der Waals surface area contributed by atoms with Gasteiger partial charge in [0.1, 0.15) is 11.8 Å². The number of hydrogen-bond acceptors (Lipinski definition) is 7. The monoisotopic (exact) mass is 444 g/mol.